The maximum absolute atomic E-state index is 13.9. The molecule has 10 N–H and O–H groups in total. The first kappa shape index (κ1) is 39.3. The molecule has 0 aromatic heterocycles. The van der Waals surface area contributed by atoms with Crippen molar-refractivity contribution in [2.24, 2.45) is 16.5 Å². The third-order valence-corrected chi connectivity index (χ3v) is 8.49. The molecule has 0 aliphatic carbocycles. The Balaban J connectivity index is 1.74. The Morgan fingerprint density at radius 3 is 2.38 bits per heavy atom. The number of phenolic OH excluding ortho intramolecular Hbond substituents is 1. The minimum Gasteiger partial charge on any atom is -0.508 e. The topological polar surface area (TPSA) is 268 Å². The summed E-state index contributed by atoms with van der Waals surface area (Å²) in [5.74, 6) is -5.15. The Bertz CT molecular complexity index is 1760. The molecule has 4 rings (SSSR count). The average Bonchev–Trinajstić information content (AvgIpc) is 3.64. The van der Waals surface area contributed by atoms with Gasteiger partial charge in [-0.15, -0.1) is 0 Å². The van der Waals surface area contributed by atoms with Crippen molar-refractivity contribution in [3.63, 3.8) is 0 Å². The van der Waals surface area contributed by atoms with Gasteiger partial charge in [0.1, 0.15) is 23.9 Å². The zero-order chi connectivity index (χ0) is 38.3. The van der Waals surface area contributed by atoms with Gasteiger partial charge in [0.25, 0.3) is 5.91 Å². The van der Waals surface area contributed by atoms with E-state index < -0.39 is 59.5 Å². The molecule has 2 aromatic rings. The van der Waals surface area contributed by atoms with Crippen molar-refractivity contribution in [1.82, 2.24) is 31.5 Å². The minimum absolute atomic E-state index is 0.000868. The summed E-state index contributed by atoms with van der Waals surface area (Å²) in [6, 6.07) is 9.74. The lowest BCUT2D eigenvalue weighted by Crippen LogP contribution is -2.58. The number of Topliss-reactive ketones (excluding diaryl/α,β-unsaturated/α-hetero) is 1. The molecule has 2 heterocycles. The molecule has 280 valence electrons. The van der Waals surface area contributed by atoms with Crippen LogP contribution >= 0.6 is 0 Å². The van der Waals surface area contributed by atoms with Crippen LogP contribution in [0.4, 0.5) is 0 Å². The number of hydrogen-bond donors (Lipinski definition) is 8. The van der Waals surface area contributed by atoms with Gasteiger partial charge >= 0.3 is 0 Å². The Morgan fingerprint density at radius 1 is 0.943 bits per heavy atom. The van der Waals surface area contributed by atoms with Gasteiger partial charge in [0.2, 0.25) is 35.8 Å². The first-order chi connectivity index (χ1) is 25.4. The van der Waals surface area contributed by atoms with Crippen molar-refractivity contribution in [1.29, 1.82) is 0 Å². The average molecular weight is 730 g/mol. The predicted molar refractivity (Wildman–Crippen MR) is 193 cm³/mol. The first-order valence-electron chi connectivity index (χ1n) is 17.0. The Kier molecular flexibility index (Phi) is 14.2. The van der Waals surface area contributed by atoms with E-state index in [0.717, 1.165) is 6.08 Å². The molecule has 2 aliphatic rings. The summed E-state index contributed by atoms with van der Waals surface area (Å²) in [4.78, 5) is 98.1. The Hall–Kier alpha value is -6.52. The van der Waals surface area contributed by atoms with Crippen molar-refractivity contribution in [2.75, 3.05) is 19.6 Å². The maximum Gasteiger partial charge on any atom is 0.290 e. The van der Waals surface area contributed by atoms with E-state index in [1.54, 1.807) is 42.5 Å². The van der Waals surface area contributed by atoms with Crippen LogP contribution in [0.25, 0.3) is 6.08 Å². The van der Waals surface area contributed by atoms with Gasteiger partial charge in [-0.25, -0.2) is 0 Å². The Labute approximate surface area is 305 Å². The molecule has 0 spiro atoms. The fourth-order valence-electron chi connectivity index (χ4n) is 5.82. The second-order valence-corrected chi connectivity index (χ2v) is 12.4. The zero-order valence-corrected chi connectivity index (χ0v) is 28.8. The van der Waals surface area contributed by atoms with Crippen LogP contribution in [0.2, 0.25) is 0 Å². The number of aliphatic imine (C=N–C) groups is 1. The van der Waals surface area contributed by atoms with E-state index in [4.69, 9.17) is 11.5 Å². The molecule has 1 saturated heterocycles. The highest BCUT2D eigenvalue weighted by Gasteiger charge is 2.39. The van der Waals surface area contributed by atoms with Gasteiger partial charge in [0, 0.05) is 37.8 Å². The summed E-state index contributed by atoms with van der Waals surface area (Å²) >= 11 is 0. The van der Waals surface area contributed by atoms with Gasteiger partial charge < -0.3 is 48.1 Å². The van der Waals surface area contributed by atoms with E-state index in [1.165, 1.54) is 29.2 Å². The molecule has 2 aromatic carbocycles. The predicted octanol–water partition coefficient (Wildman–Crippen LogP) is -1.52. The number of guanidine groups is 1. The van der Waals surface area contributed by atoms with Crippen LogP contribution in [0.5, 0.6) is 5.75 Å². The summed E-state index contributed by atoms with van der Waals surface area (Å²) in [6.45, 7) is -0.0880. The summed E-state index contributed by atoms with van der Waals surface area (Å²) in [7, 11) is 0. The number of hydrogen-bond acceptors (Lipinski definition) is 9. The molecule has 53 heavy (non-hydrogen) atoms. The molecule has 0 saturated carbocycles. The molecule has 2 aliphatic heterocycles. The van der Waals surface area contributed by atoms with Crippen LogP contribution in [-0.4, -0.2) is 101 Å². The number of carbonyl (C=O) groups is 7. The van der Waals surface area contributed by atoms with E-state index >= 15 is 0 Å². The monoisotopic (exact) mass is 729 g/mol. The fourth-order valence-corrected chi connectivity index (χ4v) is 5.82. The normalized spacial score (nSPS) is 23.2. The van der Waals surface area contributed by atoms with Gasteiger partial charge in [-0.1, -0.05) is 42.5 Å². The first-order valence-corrected chi connectivity index (χ1v) is 17.0. The van der Waals surface area contributed by atoms with Gasteiger partial charge in [-0.3, -0.25) is 38.6 Å². The molecule has 1 fully saturated rings. The number of rotatable bonds is 9. The highest BCUT2D eigenvalue weighted by Crippen LogP contribution is 2.20. The van der Waals surface area contributed by atoms with Gasteiger partial charge in [-0.2, -0.15) is 0 Å². The van der Waals surface area contributed by atoms with Crippen LogP contribution in [0.1, 0.15) is 36.8 Å². The number of nitrogens with two attached hydrogens (primary N) is 2. The molecule has 0 unspecified atom stereocenters. The number of allylic oxidation sites excluding steroid dienone is 1. The number of fused-ring (bicyclic) bond motifs is 1. The molecule has 17 nitrogen and oxygen atoms in total. The number of aromatic hydroxyl groups is 1. The van der Waals surface area contributed by atoms with Gasteiger partial charge in [0.15, 0.2) is 5.96 Å². The van der Waals surface area contributed by atoms with Crippen molar-refractivity contribution < 1.29 is 38.7 Å². The van der Waals surface area contributed by atoms with Crippen molar-refractivity contribution >= 4 is 53.8 Å². The van der Waals surface area contributed by atoms with E-state index in [2.05, 4.69) is 31.6 Å². The van der Waals surface area contributed by atoms with Crippen molar-refractivity contribution in [3.8, 4) is 5.75 Å². The molecule has 4 atom stereocenters. The fraction of sp³-hybridized carbons (Fsp3) is 0.333. The summed E-state index contributed by atoms with van der Waals surface area (Å²) in [5, 5.41) is 22.5. The largest absolute Gasteiger partial charge is 0.508 e. The number of nitrogens with one attached hydrogen (secondary N) is 5. The lowest BCUT2D eigenvalue weighted by atomic mass is 10.0. The van der Waals surface area contributed by atoms with E-state index in [-0.39, 0.29) is 62.7 Å². The lowest BCUT2D eigenvalue weighted by Gasteiger charge is -2.29. The highest BCUT2D eigenvalue weighted by molar-refractivity contribution is 6.38. The van der Waals surface area contributed by atoms with Crippen LogP contribution in [-0.2, 0) is 40.0 Å². The number of benzene rings is 2. The lowest BCUT2D eigenvalue weighted by molar-refractivity contribution is -0.143. The van der Waals surface area contributed by atoms with Gasteiger partial charge in [0.05, 0.1) is 6.04 Å². The second-order valence-electron chi connectivity index (χ2n) is 12.4. The van der Waals surface area contributed by atoms with E-state index in [0.29, 0.717) is 24.0 Å². The molecule has 0 radical (unpaired) electrons. The Morgan fingerprint density at radius 2 is 1.68 bits per heavy atom. The highest BCUT2D eigenvalue weighted by atomic mass is 16.3. The molecule has 6 amide bonds. The molecular weight excluding hydrogens is 686 g/mol. The number of ketones is 1. The standard InChI is InChI=1S/C36H43N9O8/c37-36(38)39-16-4-8-26-31(49)34(52)44-27(19-22-6-2-1-3-7-22)32(50)42-24(18-23-10-13-25(47)14-11-23)12-15-30(48)40-20-28(41-21-46)35(53)45-17-5-9-29(45)33(51)43-26/h1-3,6-7,10-15,18,21,26-29,47H,4-5,8-9,16-17,19-20H2,(H,40,48)(H,41,46)(H,42,50)(H,43,51)(H,44,52)(H4,37,38,39)/b15-12+,24-18-/t26-,27+,28-,29-/m0/s1. The number of phenols is 1. The van der Waals surface area contributed by atoms with Crippen molar-refractivity contribution in [2.45, 2.75) is 56.3 Å². The van der Waals surface area contributed by atoms with Crippen LogP contribution in [0.15, 0.2) is 77.4 Å². The molecule has 0 bridgehead atoms. The second kappa shape index (κ2) is 19.2. The summed E-state index contributed by atoms with van der Waals surface area (Å²) < 4.78 is 0. The summed E-state index contributed by atoms with van der Waals surface area (Å²) in [5.41, 5.74) is 12.1. The quantitative estimate of drug-likeness (QED) is 0.0486. The third kappa shape index (κ3) is 11.8. The molecule has 17 heteroatoms. The number of amides is 6. The van der Waals surface area contributed by atoms with Crippen molar-refractivity contribution in [3.05, 3.63) is 83.6 Å². The smallest absolute Gasteiger partial charge is 0.290 e. The number of nitrogens with zero attached hydrogens (tertiary/aromatic N) is 2. The van der Waals surface area contributed by atoms with Crippen LogP contribution in [0, 0.1) is 0 Å². The third-order valence-electron chi connectivity index (χ3n) is 8.49. The maximum atomic E-state index is 13.9. The van der Waals surface area contributed by atoms with E-state index in [1.807, 2.05) is 0 Å². The zero-order valence-electron chi connectivity index (χ0n) is 28.8. The SMILES string of the molecule is NC(N)=NCCC[C@@H]1NC(=O)[C@@H]2CCCN2C(=O)[C@@H](NC=O)CNC(=O)/C=C/C(=C/c2ccc(O)cc2)NC(=O)[C@@H](Cc2ccccc2)NC(=O)C1=O. The van der Waals surface area contributed by atoms with Gasteiger partial charge in [-0.05, 0) is 61.1 Å². The van der Waals surface area contributed by atoms with E-state index in [9.17, 15) is 38.7 Å². The number of carbonyl (C=O) groups excluding carboxylic acids is 7. The molecular formula is C36H43N9O8. The summed E-state index contributed by atoms with van der Waals surface area (Å²) in [6.07, 6.45) is 4.95. The van der Waals surface area contributed by atoms with Crippen LogP contribution < -0.4 is 38.1 Å². The minimum atomic E-state index is -1.38. The van der Waals surface area contributed by atoms with Crippen LogP contribution in [0.3, 0.4) is 0 Å².